The van der Waals surface area contributed by atoms with E-state index in [1.165, 1.54) is 5.56 Å². The summed E-state index contributed by atoms with van der Waals surface area (Å²) in [4.78, 5) is 33.2. The second kappa shape index (κ2) is 5.22. The molecule has 1 aromatic heterocycles. The van der Waals surface area contributed by atoms with Crippen molar-refractivity contribution >= 4 is 28.4 Å². The maximum Gasteiger partial charge on any atom is 0.263 e. The molecule has 0 aliphatic carbocycles. The van der Waals surface area contributed by atoms with E-state index in [-0.39, 0.29) is 11.8 Å². The van der Waals surface area contributed by atoms with Crippen LogP contribution >= 0.6 is 0 Å². The molecule has 0 saturated heterocycles. The molecule has 3 heterocycles. The van der Waals surface area contributed by atoms with Gasteiger partial charge in [-0.1, -0.05) is 29.8 Å². The number of rotatable bonds is 0. The Bertz CT molecular complexity index is 1130. The molecule has 0 bridgehead atoms. The first kappa shape index (κ1) is 16.1. The number of nitrogens with zero attached hydrogens (tertiary/aromatic N) is 2. The number of aryl methyl sites for hydroxylation is 1. The third kappa shape index (κ3) is 1.84. The van der Waals surface area contributed by atoms with Crippen LogP contribution in [0.5, 0.6) is 0 Å². The maximum absolute atomic E-state index is 13.7. The van der Waals surface area contributed by atoms with Crippen LogP contribution in [0.25, 0.3) is 10.9 Å². The quantitative estimate of drug-likeness (QED) is 0.671. The molecule has 1 atom stereocenters. The van der Waals surface area contributed by atoms with Gasteiger partial charge in [-0.25, -0.2) is 0 Å². The standard InChI is InChI=1S/C22H21N3O2/c1-13-8-9-18-16(12-13)15-10-11-25(14(2)26)22(20(15)23-18)17-6-4-5-7-19(17)24(3)21(22)27/h4-9,12,23H,10-11H2,1-3H3/t22-/m1/s1. The SMILES string of the molecule is CC(=O)N1CCc2c([nH]c3ccc(C)cc23)[C@]12C(=O)N(C)c1ccccc12. The number of fused-ring (bicyclic) bond motifs is 6. The number of hydrogen-bond acceptors (Lipinski definition) is 2. The van der Waals surface area contributed by atoms with Gasteiger partial charge < -0.3 is 14.8 Å². The van der Waals surface area contributed by atoms with E-state index in [2.05, 4.69) is 30.1 Å². The van der Waals surface area contributed by atoms with Crippen molar-refractivity contribution < 1.29 is 9.59 Å². The molecule has 0 unspecified atom stereocenters. The van der Waals surface area contributed by atoms with Crippen molar-refractivity contribution in [1.29, 1.82) is 0 Å². The molecule has 1 spiro atoms. The lowest BCUT2D eigenvalue weighted by molar-refractivity contribution is -0.143. The summed E-state index contributed by atoms with van der Waals surface area (Å²) in [6.45, 7) is 4.15. The van der Waals surface area contributed by atoms with Crippen LogP contribution in [0.3, 0.4) is 0 Å². The van der Waals surface area contributed by atoms with Crippen LogP contribution in [0.2, 0.25) is 0 Å². The van der Waals surface area contributed by atoms with E-state index in [4.69, 9.17) is 0 Å². The molecule has 5 rings (SSSR count). The summed E-state index contributed by atoms with van der Waals surface area (Å²) in [7, 11) is 1.79. The predicted octanol–water partition coefficient (Wildman–Crippen LogP) is 3.10. The Morgan fingerprint density at radius 1 is 1.19 bits per heavy atom. The summed E-state index contributed by atoms with van der Waals surface area (Å²) < 4.78 is 0. The lowest BCUT2D eigenvalue weighted by Crippen LogP contribution is -2.58. The average molecular weight is 359 g/mol. The normalized spacial score (nSPS) is 21.1. The van der Waals surface area contributed by atoms with Gasteiger partial charge in [-0.05, 0) is 37.1 Å². The Kier molecular flexibility index (Phi) is 3.12. The predicted molar refractivity (Wildman–Crippen MR) is 105 cm³/mol. The van der Waals surface area contributed by atoms with E-state index in [1.54, 1.807) is 23.8 Å². The van der Waals surface area contributed by atoms with Crippen LogP contribution < -0.4 is 4.90 Å². The Morgan fingerprint density at radius 3 is 2.74 bits per heavy atom. The van der Waals surface area contributed by atoms with E-state index in [0.29, 0.717) is 6.54 Å². The van der Waals surface area contributed by atoms with Gasteiger partial charge in [0.25, 0.3) is 5.91 Å². The molecular formula is C22H21N3O2. The summed E-state index contributed by atoms with van der Waals surface area (Å²) in [5, 5.41) is 1.15. The van der Waals surface area contributed by atoms with Crippen LogP contribution in [-0.2, 0) is 21.5 Å². The molecule has 2 aromatic carbocycles. The van der Waals surface area contributed by atoms with Gasteiger partial charge in [0.2, 0.25) is 5.91 Å². The zero-order valence-corrected chi connectivity index (χ0v) is 15.7. The molecule has 2 aliphatic rings. The molecule has 27 heavy (non-hydrogen) atoms. The Balaban J connectivity index is 1.92. The molecular weight excluding hydrogens is 338 g/mol. The Morgan fingerprint density at radius 2 is 1.96 bits per heavy atom. The van der Waals surface area contributed by atoms with Crippen molar-refractivity contribution in [2.24, 2.45) is 0 Å². The molecule has 5 nitrogen and oxygen atoms in total. The number of likely N-dealkylation sites (N-methyl/N-ethyl adjacent to an activating group) is 1. The molecule has 2 amide bonds. The zero-order chi connectivity index (χ0) is 18.9. The summed E-state index contributed by atoms with van der Waals surface area (Å²) in [6.07, 6.45) is 0.735. The van der Waals surface area contributed by atoms with Crippen LogP contribution in [0, 0.1) is 6.92 Å². The van der Waals surface area contributed by atoms with Crippen molar-refractivity contribution in [2.45, 2.75) is 25.8 Å². The van der Waals surface area contributed by atoms with Gasteiger partial charge in [-0.2, -0.15) is 0 Å². The molecule has 2 aliphatic heterocycles. The van der Waals surface area contributed by atoms with E-state index >= 15 is 0 Å². The summed E-state index contributed by atoms with van der Waals surface area (Å²) in [6, 6.07) is 14.1. The number of hydrogen-bond donors (Lipinski definition) is 1. The van der Waals surface area contributed by atoms with Crippen molar-refractivity contribution in [3.05, 3.63) is 64.8 Å². The topological polar surface area (TPSA) is 56.4 Å². The smallest absolute Gasteiger partial charge is 0.263 e. The summed E-state index contributed by atoms with van der Waals surface area (Å²) >= 11 is 0. The van der Waals surface area contributed by atoms with Gasteiger partial charge in [-0.3, -0.25) is 9.59 Å². The number of amides is 2. The molecule has 3 aromatic rings. The number of benzene rings is 2. The van der Waals surface area contributed by atoms with Gasteiger partial charge in [-0.15, -0.1) is 0 Å². The highest BCUT2D eigenvalue weighted by molar-refractivity contribution is 6.12. The highest BCUT2D eigenvalue weighted by Crippen LogP contribution is 2.51. The van der Waals surface area contributed by atoms with Gasteiger partial charge in [0.1, 0.15) is 0 Å². The molecule has 0 fully saturated rings. The van der Waals surface area contributed by atoms with Crippen LogP contribution in [0.1, 0.15) is 29.3 Å². The number of carbonyl (C=O) groups excluding carboxylic acids is 2. The highest BCUT2D eigenvalue weighted by atomic mass is 16.2. The first-order valence-electron chi connectivity index (χ1n) is 9.24. The van der Waals surface area contributed by atoms with E-state index in [0.717, 1.165) is 39.8 Å². The number of carbonyl (C=O) groups is 2. The van der Waals surface area contributed by atoms with Crippen molar-refractivity contribution in [1.82, 2.24) is 9.88 Å². The van der Waals surface area contributed by atoms with Gasteiger partial charge in [0.05, 0.1) is 5.69 Å². The number of para-hydroxylation sites is 1. The fourth-order valence-corrected chi connectivity index (χ4v) is 4.89. The molecule has 0 saturated carbocycles. The van der Waals surface area contributed by atoms with Crippen LogP contribution in [0.4, 0.5) is 5.69 Å². The minimum Gasteiger partial charge on any atom is -0.355 e. The molecule has 1 N–H and O–H groups in total. The third-order valence-electron chi connectivity index (χ3n) is 6.06. The minimum absolute atomic E-state index is 0.0804. The van der Waals surface area contributed by atoms with Crippen LogP contribution in [0.15, 0.2) is 42.5 Å². The van der Waals surface area contributed by atoms with Crippen molar-refractivity contribution in [3.63, 3.8) is 0 Å². The molecule has 5 heteroatoms. The number of aromatic nitrogens is 1. The average Bonchev–Trinajstić information content (AvgIpc) is 3.13. The van der Waals surface area contributed by atoms with E-state index in [9.17, 15) is 9.59 Å². The number of anilines is 1. The number of aromatic amines is 1. The molecule has 0 radical (unpaired) electrons. The number of H-pyrrole nitrogens is 1. The van der Waals surface area contributed by atoms with Crippen molar-refractivity contribution in [3.8, 4) is 0 Å². The second-order valence-corrected chi connectivity index (χ2v) is 7.54. The zero-order valence-electron chi connectivity index (χ0n) is 15.7. The lowest BCUT2D eigenvalue weighted by atomic mass is 9.79. The maximum atomic E-state index is 13.7. The highest BCUT2D eigenvalue weighted by Gasteiger charge is 2.59. The monoisotopic (exact) mass is 359 g/mol. The molecule has 136 valence electrons. The first-order chi connectivity index (χ1) is 13.0. The van der Waals surface area contributed by atoms with Gasteiger partial charge >= 0.3 is 0 Å². The number of nitrogens with one attached hydrogen (secondary N) is 1. The lowest BCUT2D eigenvalue weighted by Gasteiger charge is -2.43. The van der Waals surface area contributed by atoms with Gasteiger partial charge in [0, 0.05) is 42.7 Å². The third-order valence-corrected chi connectivity index (χ3v) is 6.06. The minimum atomic E-state index is -1.11. The second-order valence-electron chi connectivity index (χ2n) is 7.54. The van der Waals surface area contributed by atoms with E-state index < -0.39 is 5.54 Å². The first-order valence-corrected chi connectivity index (χ1v) is 9.24. The van der Waals surface area contributed by atoms with Crippen LogP contribution in [-0.4, -0.2) is 35.3 Å². The summed E-state index contributed by atoms with van der Waals surface area (Å²) in [5.41, 5.74) is 4.79. The Hall–Kier alpha value is -3.08. The summed E-state index contributed by atoms with van der Waals surface area (Å²) in [5.74, 6) is -0.169. The fourth-order valence-electron chi connectivity index (χ4n) is 4.89. The van der Waals surface area contributed by atoms with Crippen molar-refractivity contribution in [2.75, 3.05) is 18.5 Å². The Labute approximate surface area is 157 Å². The van der Waals surface area contributed by atoms with Gasteiger partial charge in [0.15, 0.2) is 5.54 Å². The fraction of sp³-hybridized carbons (Fsp3) is 0.273. The largest absolute Gasteiger partial charge is 0.355 e. The van der Waals surface area contributed by atoms with E-state index in [1.807, 2.05) is 24.3 Å².